The highest BCUT2D eigenvalue weighted by atomic mass is 16.5. The number of unbranched alkanes of at least 4 members (excludes halogenated alkanes) is 63. The molecule has 0 aliphatic heterocycles. The van der Waals surface area contributed by atoms with Gasteiger partial charge in [0.05, 0.1) is 25.4 Å². The van der Waals surface area contributed by atoms with Gasteiger partial charge < -0.3 is 20.3 Å². The Morgan fingerprint density at radius 1 is 0.310 bits per heavy atom. The average molecular weight is 1230 g/mol. The molecule has 0 aromatic rings. The maximum absolute atomic E-state index is 12.5. The lowest BCUT2D eigenvalue weighted by Crippen LogP contribution is -2.45. The Bertz CT molecular complexity index is 1360. The van der Waals surface area contributed by atoms with Crippen LogP contribution in [-0.4, -0.2) is 47.4 Å². The highest BCUT2D eigenvalue weighted by Gasteiger charge is 2.18. The molecule has 0 fully saturated rings. The molecule has 0 bridgehead atoms. The molecule has 87 heavy (non-hydrogen) atoms. The summed E-state index contributed by atoms with van der Waals surface area (Å²) in [5.41, 5.74) is 0. The van der Waals surface area contributed by atoms with Crippen molar-refractivity contribution in [3.63, 3.8) is 0 Å². The van der Waals surface area contributed by atoms with E-state index in [-0.39, 0.29) is 18.5 Å². The quantitative estimate of drug-likeness (QED) is 0.0320. The van der Waals surface area contributed by atoms with Gasteiger partial charge in [-0.3, -0.25) is 9.59 Å². The van der Waals surface area contributed by atoms with Crippen molar-refractivity contribution in [1.82, 2.24) is 5.32 Å². The molecule has 0 aliphatic rings. The van der Waals surface area contributed by atoms with E-state index in [1.165, 1.54) is 392 Å². The van der Waals surface area contributed by atoms with Gasteiger partial charge >= 0.3 is 5.97 Å². The third-order valence-electron chi connectivity index (χ3n) is 19.0. The van der Waals surface area contributed by atoms with Crippen LogP contribution in [0.3, 0.4) is 0 Å². The van der Waals surface area contributed by atoms with Crippen molar-refractivity contribution in [3.8, 4) is 0 Å². The second-order valence-corrected chi connectivity index (χ2v) is 27.8. The average Bonchev–Trinajstić information content (AvgIpc) is 3.54. The maximum Gasteiger partial charge on any atom is 0.305 e. The number of carbonyl (C=O) groups is 2. The number of amides is 1. The Kier molecular flexibility index (Phi) is 75.3. The van der Waals surface area contributed by atoms with Gasteiger partial charge in [0.2, 0.25) is 5.91 Å². The number of carbonyl (C=O) groups excluding carboxylic acids is 2. The topological polar surface area (TPSA) is 95.9 Å². The number of rotatable bonds is 76. The summed E-state index contributed by atoms with van der Waals surface area (Å²) in [5.74, 6) is -0.0345. The minimum atomic E-state index is -0.842. The predicted molar refractivity (Wildman–Crippen MR) is 384 cm³/mol. The van der Waals surface area contributed by atoms with Crippen LogP contribution in [-0.2, 0) is 14.3 Å². The number of esters is 1. The van der Waals surface area contributed by atoms with Crippen LogP contribution >= 0.6 is 0 Å². The first-order valence-corrected chi connectivity index (χ1v) is 40.1. The summed E-state index contributed by atoms with van der Waals surface area (Å²) in [4.78, 5) is 24.6. The third-order valence-corrected chi connectivity index (χ3v) is 19.0. The molecule has 0 radical (unpaired) electrons. The first-order valence-electron chi connectivity index (χ1n) is 40.1. The van der Waals surface area contributed by atoms with E-state index in [0.29, 0.717) is 19.4 Å². The SMILES string of the molecule is CCCCCCCCCCCCCCCCC/C=C/C(O)C(CO)NC(=O)CCCCCCCCCCCCCCCCCCC/C=C\CCCCCCCCCCCCCCCCCCOC(=O)CCCCCCCCCCCCCCCCCC. The van der Waals surface area contributed by atoms with Gasteiger partial charge in [0.15, 0.2) is 0 Å². The fraction of sp³-hybridized carbons (Fsp3) is 0.926. The summed E-state index contributed by atoms with van der Waals surface area (Å²) in [6.45, 7) is 4.96. The third kappa shape index (κ3) is 73.3. The highest BCUT2D eigenvalue weighted by Crippen LogP contribution is 2.20. The molecule has 1 amide bonds. The van der Waals surface area contributed by atoms with Gasteiger partial charge in [0.1, 0.15) is 0 Å². The molecule has 0 aliphatic carbocycles. The number of aliphatic hydroxyl groups is 2. The van der Waals surface area contributed by atoms with Gasteiger partial charge in [-0.05, 0) is 57.8 Å². The van der Waals surface area contributed by atoms with Gasteiger partial charge in [0, 0.05) is 12.8 Å². The Labute approximate surface area is 545 Å². The van der Waals surface area contributed by atoms with Crippen LogP contribution in [0.4, 0.5) is 0 Å². The summed E-state index contributed by atoms with van der Waals surface area (Å²) < 4.78 is 5.51. The fourth-order valence-corrected chi connectivity index (χ4v) is 12.9. The van der Waals surface area contributed by atoms with Crippen LogP contribution in [0.2, 0.25) is 0 Å². The molecule has 0 saturated heterocycles. The first-order chi connectivity index (χ1) is 43.0. The summed E-state index contributed by atoms with van der Waals surface area (Å²) in [6.07, 6.45) is 98.8. The molecule has 3 N–H and O–H groups in total. The minimum Gasteiger partial charge on any atom is -0.466 e. The lowest BCUT2D eigenvalue weighted by molar-refractivity contribution is -0.143. The van der Waals surface area contributed by atoms with Crippen molar-refractivity contribution in [3.05, 3.63) is 24.3 Å². The Morgan fingerprint density at radius 3 is 0.816 bits per heavy atom. The van der Waals surface area contributed by atoms with Gasteiger partial charge in [-0.15, -0.1) is 0 Å². The number of ether oxygens (including phenoxy) is 1. The summed E-state index contributed by atoms with van der Waals surface area (Å²) in [7, 11) is 0. The molecule has 0 heterocycles. The van der Waals surface area contributed by atoms with Crippen molar-refractivity contribution < 1.29 is 24.5 Å². The fourth-order valence-electron chi connectivity index (χ4n) is 12.9. The van der Waals surface area contributed by atoms with E-state index >= 15 is 0 Å². The zero-order valence-corrected chi connectivity index (χ0v) is 59.3. The normalized spacial score (nSPS) is 12.6. The maximum atomic E-state index is 12.5. The molecular formula is C81H157NO5. The smallest absolute Gasteiger partial charge is 0.305 e. The number of nitrogens with one attached hydrogen (secondary N) is 1. The zero-order chi connectivity index (χ0) is 62.8. The molecule has 0 aromatic carbocycles. The van der Waals surface area contributed by atoms with E-state index in [9.17, 15) is 19.8 Å². The lowest BCUT2D eigenvalue weighted by Gasteiger charge is -2.20. The Morgan fingerprint density at radius 2 is 0.540 bits per heavy atom. The molecule has 0 rings (SSSR count). The van der Waals surface area contributed by atoms with Crippen LogP contribution in [0.15, 0.2) is 24.3 Å². The van der Waals surface area contributed by atoms with Crippen molar-refractivity contribution in [2.24, 2.45) is 0 Å². The van der Waals surface area contributed by atoms with Crippen molar-refractivity contribution in [2.45, 2.75) is 469 Å². The number of hydrogen-bond donors (Lipinski definition) is 3. The van der Waals surface area contributed by atoms with Crippen LogP contribution in [0.1, 0.15) is 457 Å². The highest BCUT2D eigenvalue weighted by molar-refractivity contribution is 5.76. The van der Waals surface area contributed by atoms with Crippen molar-refractivity contribution in [1.29, 1.82) is 0 Å². The first kappa shape index (κ1) is 85.3. The Hall–Kier alpha value is -1.66. The van der Waals surface area contributed by atoms with Crippen LogP contribution in [0, 0.1) is 0 Å². The van der Waals surface area contributed by atoms with E-state index in [0.717, 1.165) is 38.5 Å². The van der Waals surface area contributed by atoms with Crippen LogP contribution in [0.25, 0.3) is 0 Å². The molecule has 2 unspecified atom stereocenters. The second kappa shape index (κ2) is 76.8. The van der Waals surface area contributed by atoms with E-state index in [1.807, 2.05) is 6.08 Å². The molecule has 0 spiro atoms. The van der Waals surface area contributed by atoms with Gasteiger partial charge in [-0.1, -0.05) is 411 Å². The summed E-state index contributed by atoms with van der Waals surface area (Å²) in [5, 5.41) is 23.2. The van der Waals surface area contributed by atoms with E-state index in [1.54, 1.807) is 6.08 Å². The van der Waals surface area contributed by atoms with E-state index in [4.69, 9.17) is 4.74 Å². The largest absolute Gasteiger partial charge is 0.466 e. The predicted octanol–water partition coefficient (Wildman–Crippen LogP) is 26.4. The lowest BCUT2D eigenvalue weighted by atomic mass is 10.0. The molecule has 0 aromatic heterocycles. The van der Waals surface area contributed by atoms with E-state index < -0.39 is 12.1 Å². The molecule has 2 atom stereocenters. The van der Waals surface area contributed by atoms with Gasteiger partial charge in [-0.25, -0.2) is 0 Å². The monoisotopic (exact) mass is 1220 g/mol. The Balaban J connectivity index is 3.33. The molecular weight excluding hydrogens is 1070 g/mol. The number of hydrogen-bond acceptors (Lipinski definition) is 5. The summed E-state index contributed by atoms with van der Waals surface area (Å²) in [6, 6.07) is -0.625. The molecule has 6 heteroatoms. The zero-order valence-electron chi connectivity index (χ0n) is 59.3. The van der Waals surface area contributed by atoms with E-state index in [2.05, 4.69) is 31.3 Å². The molecule has 0 saturated carbocycles. The summed E-state index contributed by atoms with van der Waals surface area (Å²) >= 11 is 0. The van der Waals surface area contributed by atoms with Crippen molar-refractivity contribution >= 4 is 11.9 Å². The molecule has 516 valence electrons. The second-order valence-electron chi connectivity index (χ2n) is 27.8. The standard InChI is InChI=1S/C81H157NO5/c1-3-5-7-9-11-13-15-17-19-42-45-49-53-57-61-65-69-73-79(84)78(77-83)82-80(85)74-70-66-62-58-54-50-46-43-40-38-36-34-32-30-28-26-24-22-21-23-25-27-29-31-33-35-37-39-41-44-48-52-56-60-64-68-72-76-87-81(86)75-71-67-63-59-55-51-47-20-18-16-14-12-10-8-6-4-2/h21,23,69,73,78-79,83-84H,3-20,22,24-68,70-72,74-77H2,1-2H3,(H,82,85)/b23-21-,73-69+. The van der Waals surface area contributed by atoms with Crippen molar-refractivity contribution in [2.75, 3.05) is 13.2 Å². The van der Waals surface area contributed by atoms with Crippen LogP contribution < -0.4 is 5.32 Å². The number of allylic oxidation sites excluding steroid dienone is 3. The minimum absolute atomic E-state index is 0.0257. The molecule has 6 nitrogen and oxygen atoms in total. The van der Waals surface area contributed by atoms with Gasteiger partial charge in [0.25, 0.3) is 0 Å². The number of aliphatic hydroxyl groups excluding tert-OH is 2. The van der Waals surface area contributed by atoms with Gasteiger partial charge in [-0.2, -0.15) is 0 Å². The van der Waals surface area contributed by atoms with Crippen LogP contribution in [0.5, 0.6) is 0 Å².